The number of amides is 3. The molecule has 17 heteroatoms. The minimum Gasteiger partial charge on any atom is -0.462 e. The molecule has 1 aliphatic carbocycles. The van der Waals surface area contributed by atoms with Crippen LogP contribution in [0.1, 0.15) is 90.8 Å². The van der Waals surface area contributed by atoms with Gasteiger partial charge in [-0.1, -0.05) is 48.3 Å². The van der Waals surface area contributed by atoms with E-state index in [0.717, 1.165) is 42.6 Å². The summed E-state index contributed by atoms with van der Waals surface area (Å²) in [6, 6.07) is 10.8. The smallest absolute Gasteiger partial charge is 0.349 e. The molecule has 1 aliphatic heterocycles. The lowest BCUT2D eigenvalue weighted by Gasteiger charge is -2.31. The average molecular weight is 908 g/mol. The van der Waals surface area contributed by atoms with E-state index >= 15 is 0 Å². The van der Waals surface area contributed by atoms with Crippen LogP contribution in [0, 0.1) is 6.92 Å². The fraction of sp³-hybridized carbons (Fsp3) is 0.465. The number of carbonyl (C=O) groups excluding carboxylic acids is 4. The highest BCUT2D eigenvalue weighted by atomic mass is 35.5. The summed E-state index contributed by atoms with van der Waals surface area (Å²) in [5, 5.41) is 6.51. The van der Waals surface area contributed by atoms with Gasteiger partial charge in [0.15, 0.2) is 0 Å². The molecule has 13 nitrogen and oxygen atoms in total. The maximum atomic E-state index is 12.7. The summed E-state index contributed by atoms with van der Waals surface area (Å²) in [5.74, 6) is -0.359. The molecule has 326 valence electrons. The van der Waals surface area contributed by atoms with Gasteiger partial charge in [-0.3, -0.25) is 14.4 Å². The highest BCUT2D eigenvalue weighted by molar-refractivity contribution is 6.44. The van der Waals surface area contributed by atoms with Crippen molar-refractivity contribution in [3.63, 3.8) is 0 Å². The summed E-state index contributed by atoms with van der Waals surface area (Å²) in [7, 11) is 1.64. The molecule has 2 aromatic carbocycles. The van der Waals surface area contributed by atoms with Gasteiger partial charge < -0.3 is 25.0 Å². The molecule has 1 aromatic heterocycles. The lowest BCUT2D eigenvalue weighted by atomic mass is 9.93. The number of nitrogens with one attached hydrogen (secondary N) is 2. The number of imide groups is 1. The molecule has 5 rings (SSSR count). The first-order chi connectivity index (χ1) is 28.4. The Morgan fingerprint density at radius 1 is 0.983 bits per heavy atom. The Kier molecular flexibility index (Phi) is 19.7. The quantitative estimate of drug-likeness (QED) is 0.0729. The van der Waals surface area contributed by atoms with E-state index in [-0.39, 0.29) is 52.1 Å². The number of esters is 1. The second-order valence-electron chi connectivity index (χ2n) is 14.8. The number of para-hydroxylation sites is 1. The number of carbonyl (C=O) groups is 4. The largest absolute Gasteiger partial charge is 0.462 e. The molecule has 0 spiro atoms. The van der Waals surface area contributed by atoms with Crippen molar-refractivity contribution in [2.45, 2.75) is 99.1 Å². The predicted octanol–water partition coefficient (Wildman–Crippen LogP) is 9.56. The van der Waals surface area contributed by atoms with Crippen LogP contribution in [0.15, 0.2) is 52.6 Å². The fourth-order valence-corrected chi connectivity index (χ4v) is 7.08. The van der Waals surface area contributed by atoms with Gasteiger partial charge in [-0.2, -0.15) is 15.0 Å². The summed E-state index contributed by atoms with van der Waals surface area (Å²) in [6.45, 7) is 17.2. The number of hydrogen-bond donors (Lipinski definition) is 2. The third-order valence-corrected chi connectivity index (χ3v) is 9.99. The van der Waals surface area contributed by atoms with Gasteiger partial charge in [-0.05, 0) is 133 Å². The molecule has 0 radical (unpaired) electrons. The Morgan fingerprint density at radius 2 is 1.62 bits per heavy atom. The summed E-state index contributed by atoms with van der Waals surface area (Å²) in [6.07, 6.45) is 5.33. The third-order valence-electron chi connectivity index (χ3n) is 8.99. The van der Waals surface area contributed by atoms with Gasteiger partial charge in [0.25, 0.3) is 11.8 Å². The molecule has 2 N–H and O–H groups in total. The van der Waals surface area contributed by atoms with Crippen molar-refractivity contribution >= 4 is 99.4 Å². The van der Waals surface area contributed by atoms with Gasteiger partial charge in [0.2, 0.25) is 23.1 Å². The molecule has 3 aromatic rings. The molecule has 2 heterocycles. The van der Waals surface area contributed by atoms with Crippen LogP contribution in [0.5, 0.6) is 0 Å². The molecular weight excluding hydrogens is 852 g/mol. The number of halogens is 4. The second-order valence-corrected chi connectivity index (χ2v) is 16.2. The van der Waals surface area contributed by atoms with Crippen LogP contribution in [-0.4, -0.2) is 83.0 Å². The Labute approximate surface area is 373 Å². The first-order valence-electron chi connectivity index (χ1n) is 19.7. The summed E-state index contributed by atoms with van der Waals surface area (Å²) in [5.41, 5.74) is 5.15. The molecule has 0 saturated carbocycles. The standard InChI is InChI=1S/C19H17Cl2NO4.C15H22ClNO2.C9H16ClN5/c1-2-26-19(25)16(21)10-11-9-12(7-8-15(11)20)22-17(23)13-5-3-4-6-14(13)18(22)24;1-5-13-8-6-7-11(2)15(13)17(14(18)9-16)12(3)10-19-4;1-5-11-7-12-6(10)13-8(14-7)15-9(2,3)4/h7-10H,2-6H2,1H3;6-8,12H,5,9-10H2,1-4H3;5H2,1-4H3,(H2,11,12,13,14,15)/b16-10-;;. The molecule has 0 saturated heterocycles. The van der Waals surface area contributed by atoms with E-state index in [1.807, 2.05) is 53.7 Å². The molecule has 3 amide bonds. The zero-order chi connectivity index (χ0) is 44.7. The van der Waals surface area contributed by atoms with Crippen LogP contribution in [0.2, 0.25) is 10.3 Å². The van der Waals surface area contributed by atoms with Gasteiger partial charge in [0, 0.05) is 35.4 Å². The number of benzene rings is 2. The number of aryl methyl sites for hydroxylation is 2. The Morgan fingerprint density at radius 3 is 2.17 bits per heavy atom. The van der Waals surface area contributed by atoms with Crippen molar-refractivity contribution in [2.24, 2.45) is 0 Å². The van der Waals surface area contributed by atoms with Crippen molar-refractivity contribution in [1.82, 2.24) is 15.0 Å². The van der Waals surface area contributed by atoms with E-state index in [4.69, 9.17) is 55.9 Å². The maximum absolute atomic E-state index is 12.7. The van der Waals surface area contributed by atoms with Crippen LogP contribution >= 0.6 is 46.4 Å². The van der Waals surface area contributed by atoms with Crippen LogP contribution in [0.4, 0.5) is 23.3 Å². The van der Waals surface area contributed by atoms with Gasteiger partial charge >= 0.3 is 5.97 Å². The van der Waals surface area contributed by atoms with Crippen molar-refractivity contribution in [2.75, 3.05) is 53.2 Å². The Balaban J connectivity index is 0.000000251. The normalized spacial score (nSPS) is 14.3. The van der Waals surface area contributed by atoms with E-state index in [0.29, 0.717) is 58.8 Å². The fourth-order valence-electron chi connectivity index (χ4n) is 6.45. The topological polar surface area (TPSA) is 156 Å². The summed E-state index contributed by atoms with van der Waals surface area (Å²) >= 11 is 23.7. The van der Waals surface area contributed by atoms with Gasteiger partial charge in [-0.15, -0.1) is 11.6 Å². The summed E-state index contributed by atoms with van der Waals surface area (Å²) < 4.78 is 10.0. The number of anilines is 4. The highest BCUT2D eigenvalue weighted by Crippen LogP contribution is 2.37. The number of nitrogens with zero attached hydrogens (tertiary/aromatic N) is 5. The van der Waals surface area contributed by atoms with E-state index in [1.54, 1.807) is 37.1 Å². The van der Waals surface area contributed by atoms with Gasteiger partial charge in [-0.25, -0.2) is 9.69 Å². The molecule has 0 bridgehead atoms. The molecule has 60 heavy (non-hydrogen) atoms. The lowest BCUT2D eigenvalue weighted by Crippen LogP contribution is -2.43. The molecular formula is C43H55Cl4N7O6. The highest BCUT2D eigenvalue weighted by Gasteiger charge is 2.39. The number of methoxy groups -OCH3 is 1. The molecule has 2 aliphatic rings. The number of rotatable bonds is 13. The minimum absolute atomic E-state index is 0.0223. The van der Waals surface area contributed by atoms with E-state index in [1.165, 1.54) is 11.0 Å². The molecule has 0 fully saturated rings. The number of alkyl halides is 1. The second kappa shape index (κ2) is 23.7. The van der Waals surface area contributed by atoms with Crippen LogP contribution in [-0.2, 0) is 35.1 Å². The monoisotopic (exact) mass is 905 g/mol. The average Bonchev–Trinajstić information content (AvgIpc) is 3.44. The van der Waals surface area contributed by atoms with E-state index < -0.39 is 5.97 Å². The van der Waals surface area contributed by atoms with Gasteiger partial charge in [0.05, 0.1) is 30.6 Å². The first kappa shape index (κ1) is 50.1. The van der Waals surface area contributed by atoms with Gasteiger partial charge in [0.1, 0.15) is 10.9 Å². The van der Waals surface area contributed by atoms with E-state index in [2.05, 4.69) is 38.6 Å². The Hall–Kier alpha value is -4.27. The van der Waals surface area contributed by atoms with E-state index in [9.17, 15) is 19.2 Å². The number of hydrogen-bond acceptors (Lipinski definition) is 11. The zero-order valence-corrected chi connectivity index (χ0v) is 38.7. The zero-order valence-electron chi connectivity index (χ0n) is 35.7. The number of aromatic nitrogens is 3. The lowest BCUT2D eigenvalue weighted by molar-refractivity contribution is -0.137. The van der Waals surface area contributed by atoms with Crippen LogP contribution < -0.4 is 20.4 Å². The minimum atomic E-state index is -0.666. The predicted molar refractivity (Wildman–Crippen MR) is 242 cm³/mol. The molecule has 1 atom stereocenters. The summed E-state index contributed by atoms with van der Waals surface area (Å²) in [4.78, 5) is 64.2. The first-order valence-corrected chi connectivity index (χ1v) is 21.4. The molecule has 1 unspecified atom stereocenters. The van der Waals surface area contributed by atoms with Crippen LogP contribution in [0.25, 0.3) is 6.08 Å². The van der Waals surface area contributed by atoms with Crippen LogP contribution in [0.3, 0.4) is 0 Å². The SMILES string of the molecule is CCNc1nc(Cl)nc(NC(C)(C)C)n1.CCOC(=O)/C(Cl)=C/c1cc(N2C(=O)C3=C(CCCC3)C2=O)ccc1Cl.CCc1cccc(C)c1N(C(=O)CCl)C(C)COC. The van der Waals surface area contributed by atoms with Crippen molar-refractivity contribution in [1.29, 1.82) is 0 Å². The van der Waals surface area contributed by atoms with Crippen molar-refractivity contribution in [3.8, 4) is 0 Å². The van der Waals surface area contributed by atoms with Crippen molar-refractivity contribution in [3.05, 3.63) is 79.6 Å². The maximum Gasteiger partial charge on any atom is 0.349 e. The van der Waals surface area contributed by atoms with Crippen molar-refractivity contribution < 1.29 is 28.7 Å². The number of ether oxygens (including phenoxy) is 2. The Bertz CT molecular complexity index is 2040. The third kappa shape index (κ3) is 13.9.